The number of hydrogen-bond acceptors (Lipinski definition) is 3. The van der Waals surface area contributed by atoms with Crippen LogP contribution in [0.25, 0.3) is 5.82 Å². The van der Waals surface area contributed by atoms with Crippen molar-refractivity contribution in [3.63, 3.8) is 0 Å². The molecule has 1 aliphatic rings. The average molecular weight is 420 g/mol. The number of thiocarbonyl (C=S) groups is 1. The van der Waals surface area contributed by atoms with Gasteiger partial charge in [-0.3, -0.25) is 4.98 Å². The summed E-state index contributed by atoms with van der Waals surface area (Å²) >= 11 is 5.77. The fourth-order valence-corrected chi connectivity index (χ4v) is 4.73. The van der Waals surface area contributed by atoms with Gasteiger partial charge in [0.05, 0.1) is 17.8 Å². The third-order valence-electron chi connectivity index (χ3n) is 5.87. The molecule has 1 fully saturated rings. The lowest BCUT2D eigenvalue weighted by molar-refractivity contribution is 0.312. The van der Waals surface area contributed by atoms with Gasteiger partial charge in [-0.1, -0.05) is 19.4 Å². The molecule has 3 aromatic heterocycles. The van der Waals surface area contributed by atoms with Crippen molar-refractivity contribution in [3.8, 4) is 5.82 Å². The first-order valence-corrected chi connectivity index (χ1v) is 11.0. The summed E-state index contributed by atoms with van der Waals surface area (Å²) in [4.78, 5) is 11.6. The average Bonchev–Trinajstić information content (AvgIpc) is 3.22. The molecule has 0 amide bonds. The number of nitrogens with one attached hydrogen (secondary N) is 1. The van der Waals surface area contributed by atoms with E-state index < -0.39 is 0 Å². The van der Waals surface area contributed by atoms with E-state index in [9.17, 15) is 0 Å². The minimum Gasteiger partial charge on any atom is -0.352 e. The molecule has 1 aliphatic heterocycles. The van der Waals surface area contributed by atoms with Gasteiger partial charge in [0.1, 0.15) is 5.82 Å². The molecule has 4 rings (SSSR count). The molecule has 0 radical (unpaired) electrons. The zero-order valence-corrected chi connectivity index (χ0v) is 18.9. The summed E-state index contributed by atoms with van der Waals surface area (Å²) in [7, 11) is 0. The number of aromatic nitrogens is 3. The number of aryl methyl sites for hydroxylation is 2. The largest absolute Gasteiger partial charge is 0.352 e. The van der Waals surface area contributed by atoms with E-state index in [1.807, 2.05) is 30.6 Å². The molecule has 0 unspecified atom stereocenters. The predicted molar refractivity (Wildman–Crippen MR) is 125 cm³/mol. The Morgan fingerprint density at radius 2 is 1.90 bits per heavy atom. The lowest BCUT2D eigenvalue weighted by Gasteiger charge is -2.28. The number of hydrogen-bond donors (Lipinski definition) is 1. The van der Waals surface area contributed by atoms with Gasteiger partial charge in [0.25, 0.3) is 0 Å². The molecule has 0 aromatic carbocycles. The van der Waals surface area contributed by atoms with Crippen molar-refractivity contribution < 1.29 is 0 Å². The van der Waals surface area contributed by atoms with E-state index in [-0.39, 0.29) is 12.1 Å². The molecular weight excluding hydrogens is 390 g/mol. The van der Waals surface area contributed by atoms with E-state index in [0.717, 1.165) is 36.0 Å². The first-order chi connectivity index (χ1) is 14.5. The van der Waals surface area contributed by atoms with Crippen LogP contribution in [-0.4, -0.2) is 31.1 Å². The normalized spacial score (nSPS) is 18.7. The van der Waals surface area contributed by atoms with E-state index >= 15 is 0 Å². The topological polar surface area (TPSA) is 46.0 Å². The standard InChI is InChI=1S/C24H29N5S/c1-5-6-13-28-23(22(27-24(28)30)20-9-7-8-11-25-20)19-15-17(3)29(18(19)4)21-14-16(2)10-12-26-21/h7-12,14-15,22-23H,5-6,13H2,1-4H3,(H,27,30)/t22-,23+/m1/s1. The zero-order chi connectivity index (χ0) is 21.3. The Hall–Kier alpha value is -2.73. The second kappa shape index (κ2) is 8.56. The van der Waals surface area contributed by atoms with Gasteiger partial charge >= 0.3 is 0 Å². The Morgan fingerprint density at radius 1 is 1.07 bits per heavy atom. The maximum atomic E-state index is 5.77. The third kappa shape index (κ3) is 3.72. The zero-order valence-electron chi connectivity index (χ0n) is 18.1. The van der Waals surface area contributed by atoms with Crippen molar-refractivity contribution >= 4 is 17.3 Å². The maximum Gasteiger partial charge on any atom is 0.170 e. The Bertz CT molecular complexity index is 1040. The molecule has 1 N–H and O–H groups in total. The monoisotopic (exact) mass is 419 g/mol. The van der Waals surface area contributed by atoms with Gasteiger partial charge in [0.15, 0.2) is 5.11 Å². The van der Waals surface area contributed by atoms with Crippen LogP contribution < -0.4 is 5.32 Å². The predicted octanol–water partition coefficient (Wildman–Crippen LogP) is 4.97. The second-order valence-corrected chi connectivity index (χ2v) is 8.41. The van der Waals surface area contributed by atoms with Crippen LogP contribution in [0.2, 0.25) is 0 Å². The molecule has 30 heavy (non-hydrogen) atoms. The number of unbranched alkanes of at least 4 members (excludes halogenated alkanes) is 1. The van der Waals surface area contributed by atoms with Crippen LogP contribution in [-0.2, 0) is 0 Å². The van der Waals surface area contributed by atoms with Crippen LogP contribution in [0.1, 0.15) is 60.1 Å². The maximum absolute atomic E-state index is 5.77. The van der Waals surface area contributed by atoms with E-state index in [1.54, 1.807) is 0 Å². The molecular formula is C24H29N5S. The van der Waals surface area contributed by atoms with Crippen molar-refractivity contribution in [3.05, 3.63) is 77.0 Å². The number of rotatable bonds is 6. The molecule has 0 aliphatic carbocycles. The number of nitrogens with zero attached hydrogens (tertiary/aromatic N) is 4. The van der Waals surface area contributed by atoms with E-state index in [0.29, 0.717) is 0 Å². The quantitative estimate of drug-likeness (QED) is 0.572. The van der Waals surface area contributed by atoms with Crippen molar-refractivity contribution in [2.45, 2.75) is 52.6 Å². The summed E-state index contributed by atoms with van der Waals surface area (Å²) in [6.07, 6.45) is 5.96. The smallest absolute Gasteiger partial charge is 0.170 e. The summed E-state index contributed by atoms with van der Waals surface area (Å²) < 4.78 is 2.25. The molecule has 0 saturated carbocycles. The lowest BCUT2D eigenvalue weighted by Crippen LogP contribution is -2.30. The van der Waals surface area contributed by atoms with Crippen LogP contribution in [0.15, 0.2) is 48.8 Å². The molecule has 0 spiro atoms. The summed E-state index contributed by atoms with van der Waals surface area (Å²) in [6.45, 7) is 9.58. The Kier molecular flexibility index (Phi) is 5.86. The molecule has 156 valence electrons. The highest BCUT2D eigenvalue weighted by Crippen LogP contribution is 2.41. The summed E-state index contributed by atoms with van der Waals surface area (Å²) in [5.74, 6) is 0.958. The third-order valence-corrected chi connectivity index (χ3v) is 6.22. The minimum absolute atomic E-state index is 0.0231. The molecule has 1 saturated heterocycles. The highest BCUT2D eigenvalue weighted by molar-refractivity contribution is 7.80. The first-order valence-electron chi connectivity index (χ1n) is 10.6. The first kappa shape index (κ1) is 20.5. The fraction of sp³-hybridized carbons (Fsp3) is 0.375. The van der Waals surface area contributed by atoms with Crippen LogP contribution in [0, 0.1) is 20.8 Å². The van der Waals surface area contributed by atoms with E-state index in [2.05, 4.69) is 70.6 Å². The van der Waals surface area contributed by atoms with Gasteiger partial charge in [-0.25, -0.2) is 4.98 Å². The van der Waals surface area contributed by atoms with E-state index in [4.69, 9.17) is 12.2 Å². The van der Waals surface area contributed by atoms with Crippen LogP contribution >= 0.6 is 12.2 Å². The molecule has 0 bridgehead atoms. The summed E-state index contributed by atoms with van der Waals surface area (Å²) in [5.41, 5.74) is 5.86. The van der Waals surface area contributed by atoms with Crippen molar-refractivity contribution in [1.82, 2.24) is 24.8 Å². The summed E-state index contributed by atoms with van der Waals surface area (Å²) in [5, 5.41) is 4.36. The van der Waals surface area contributed by atoms with Gasteiger partial charge < -0.3 is 14.8 Å². The van der Waals surface area contributed by atoms with Crippen molar-refractivity contribution in [1.29, 1.82) is 0 Å². The van der Waals surface area contributed by atoms with E-state index in [1.165, 1.54) is 22.5 Å². The van der Waals surface area contributed by atoms with Gasteiger partial charge in [0, 0.05) is 30.3 Å². The van der Waals surface area contributed by atoms with Crippen LogP contribution in [0.4, 0.5) is 0 Å². The van der Waals surface area contributed by atoms with Crippen molar-refractivity contribution in [2.75, 3.05) is 6.54 Å². The second-order valence-electron chi connectivity index (χ2n) is 8.03. The number of pyridine rings is 2. The highest BCUT2D eigenvalue weighted by atomic mass is 32.1. The molecule has 2 atom stereocenters. The lowest BCUT2D eigenvalue weighted by atomic mass is 9.96. The van der Waals surface area contributed by atoms with Crippen LogP contribution in [0.3, 0.4) is 0 Å². The fourth-order valence-electron chi connectivity index (χ4n) is 4.40. The van der Waals surface area contributed by atoms with Gasteiger partial charge in [-0.05, 0) is 80.9 Å². The SMILES string of the molecule is CCCCN1C(=S)N[C@H](c2ccccn2)[C@@H]1c1cc(C)n(-c2cc(C)ccn2)c1C. The van der Waals surface area contributed by atoms with Crippen LogP contribution in [0.5, 0.6) is 0 Å². The molecule has 4 heterocycles. The summed E-state index contributed by atoms with van der Waals surface area (Å²) in [6, 6.07) is 12.6. The molecule has 5 nitrogen and oxygen atoms in total. The molecule has 6 heteroatoms. The Balaban J connectivity index is 1.82. The van der Waals surface area contributed by atoms with Gasteiger partial charge in [-0.2, -0.15) is 0 Å². The van der Waals surface area contributed by atoms with Gasteiger partial charge in [-0.15, -0.1) is 0 Å². The Labute approximate surface area is 184 Å². The highest BCUT2D eigenvalue weighted by Gasteiger charge is 2.41. The minimum atomic E-state index is 0.0231. The van der Waals surface area contributed by atoms with Gasteiger partial charge in [0.2, 0.25) is 0 Å². The Morgan fingerprint density at radius 3 is 2.60 bits per heavy atom. The molecule has 3 aromatic rings. The van der Waals surface area contributed by atoms with Crippen molar-refractivity contribution in [2.24, 2.45) is 0 Å².